The van der Waals surface area contributed by atoms with Crippen molar-refractivity contribution in [1.29, 1.82) is 0 Å². The van der Waals surface area contributed by atoms with Crippen LogP contribution in [0.4, 0.5) is 0 Å². The zero-order valence-electron chi connectivity index (χ0n) is 26.6. The summed E-state index contributed by atoms with van der Waals surface area (Å²) in [5, 5.41) is 17.2. The van der Waals surface area contributed by atoms with E-state index in [2.05, 4.69) is 170 Å². The lowest BCUT2D eigenvalue weighted by molar-refractivity contribution is 0.673. The molecule has 11 aromatic rings. The first-order valence-corrected chi connectivity index (χ1v) is 16.9. The van der Waals surface area contributed by atoms with Gasteiger partial charge in [-0.05, 0) is 106 Å². The lowest BCUT2D eigenvalue weighted by Gasteiger charge is -2.18. The van der Waals surface area contributed by atoms with Crippen LogP contribution in [0.5, 0.6) is 0 Å². The van der Waals surface area contributed by atoms with E-state index in [4.69, 9.17) is 4.42 Å². The van der Waals surface area contributed by atoms with Crippen LogP contribution in [0.25, 0.3) is 109 Å². The van der Waals surface area contributed by atoms with Crippen molar-refractivity contribution in [1.82, 2.24) is 0 Å². The molecule has 0 bridgehead atoms. The van der Waals surface area contributed by atoms with Gasteiger partial charge >= 0.3 is 0 Å². The van der Waals surface area contributed by atoms with Crippen molar-refractivity contribution in [2.75, 3.05) is 0 Å². The second-order valence-corrected chi connectivity index (χ2v) is 13.2. The molecule has 0 saturated carbocycles. The molecular formula is C48H28O. The summed E-state index contributed by atoms with van der Waals surface area (Å²) >= 11 is 0. The molecular weight excluding hydrogens is 593 g/mol. The van der Waals surface area contributed by atoms with Crippen molar-refractivity contribution in [3.8, 4) is 22.3 Å². The van der Waals surface area contributed by atoms with Gasteiger partial charge in [0.15, 0.2) is 0 Å². The average molecular weight is 621 g/mol. The molecule has 10 aromatic carbocycles. The minimum atomic E-state index is 0.907. The van der Waals surface area contributed by atoms with Gasteiger partial charge < -0.3 is 4.42 Å². The monoisotopic (exact) mass is 620 g/mol. The second kappa shape index (κ2) is 10.0. The van der Waals surface area contributed by atoms with Gasteiger partial charge in [-0.3, -0.25) is 0 Å². The van der Waals surface area contributed by atoms with Gasteiger partial charge in [0.25, 0.3) is 0 Å². The molecule has 0 saturated heterocycles. The molecule has 0 aliphatic carbocycles. The number of hydrogen-bond donors (Lipinski definition) is 0. The van der Waals surface area contributed by atoms with Gasteiger partial charge in [0.1, 0.15) is 11.2 Å². The van der Waals surface area contributed by atoms with E-state index in [0.29, 0.717) is 0 Å². The van der Waals surface area contributed by atoms with Crippen molar-refractivity contribution in [3.63, 3.8) is 0 Å². The van der Waals surface area contributed by atoms with Crippen LogP contribution in [-0.2, 0) is 0 Å². The molecule has 1 heteroatoms. The standard InChI is InChI=1S/C48H28O/c1-2-12-30-27-31(22-21-29(30)11-1)45-37-17-7-9-19-39(37)46(40-20-10-8-18-38(40)45)32-23-26-44-43(28-32)42-25-24-41-35-15-4-3-13-33(35)34-14-5-6-16-36(34)47(41)48(42)49-44/h1-28H. The van der Waals surface area contributed by atoms with Crippen LogP contribution >= 0.6 is 0 Å². The van der Waals surface area contributed by atoms with Crippen LogP contribution in [-0.4, -0.2) is 0 Å². The Hall–Kier alpha value is -6.44. The molecule has 11 rings (SSSR count). The van der Waals surface area contributed by atoms with Gasteiger partial charge in [0.2, 0.25) is 0 Å². The Balaban J connectivity index is 1.21. The van der Waals surface area contributed by atoms with Crippen LogP contribution < -0.4 is 0 Å². The molecule has 0 fully saturated rings. The Morgan fingerprint density at radius 2 is 0.735 bits per heavy atom. The van der Waals surface area contributed by atoms with Crippen molar-refractivity contribution in [2.24, 2.45) is 0 Å². The molecule has 226 valence electrons. The summed E-state index contributed by atoms with van der Waals surface area (Å²) in [6, 6.07) is 62.0. The summed E-state index contributed by atoms with van der Waals surface area (Å²) in [7, 11) is 0. The predicted molar refractivity (Wildman–Crippen MR) is 210 cm³/mol. The summed E-state index contributed by atoms with van der Waals surface area (Å²) in [6.45, 7) is 0. The molecule has 0 aliphatic rings. The average Bonchev–Trinajstić information content (AvgIpc) is 3.55. The minimum absolute atomic E-state index is 0.907. The van der Waals surface area contributed by atoms with E-state index in [9.17, 15) is 0 Å². The van der Waals surface area contributed by atoms with Crippen LogP contribution in [0, 0.1) is 0 Å². The van der Waals surface area contributed by atoms with Gasteiger partial charge in [-0.1, -0.05) is 146 Å². The Labute approximate surface area is 282 Å². The quantitative estimate of drug-likeness (QED) is 0.138. The van der Waals surface area contributed by atoms with E-state index in [-0.39, 0.29) is 0 Å². The van der Waals surface area contributed by atoms with E-state index in [1.165, 1.54) is 86.9 Å². The maximum atomic E-state index is 6.80. The van der Waals surface area contributed by atoms with Crippen molar-refractivity contribution in [2.45, 2.75) is 0 Å². The Morgan fingerprint density at radius 3 is 1.37 bits per heavy atom. The molecule has 0 atom stereocenters. The fourth-order valence-electron chi connectivity index (χ4n) is 8.47. The predicted octanol–water partition coefficient (Wildman–Crippen LogP) is 13.8. The van der Waals surface area contributed by atoms with Crippen molar-refractivity contribution >= 4 is 86.6 Å². The smallest absolute Gasteiger partial charge is 0.143 e. The number of benzene rings is 10. The largest absolute Gasteiger partial charge is 0.455 e. The van der Waals surface area contributed by atoms with Crippen LogP contribution in [0.3, 0.4) is 0 Å². The van der Waals surface area contributed by atoms with E-state index in [1.54, 1.807) is 0 Å². The highest BCUT2D eigenvalue weighted by Gasteiger charge is 2.20. The molecule has 1 nitrogen and oxygen atoms in total. The van der Waals surface area contributed by atoms with Crippen LogP contribution in [0.1, 0.15) is 0 Å². The zero-order chi connectivity index (χ0) is 32.1. The normalized spacial score (nSPS) is 12.1. The molecule has 0 amide bonds. The van der Waals surface area contributed by atoms with Crippen LogP contribution in [0.15, 0.2) is 174 Å². The molecule has 0 N–H and O–H groups in total. The molecule has 0 radical (unpaired) electrons. The van der Waals surface area contributed by atoms with E-state index in [1.807, 2.05) is 0 Å². The first kappa shape index (κ1) is 26.6. The third kappa shape index (κ3) is 3.76. The fraction of sp³-hybridized carbons (Fsp3) is 0. The highest BCUT2D eigenvalue weighted by atomic mass is 16.3. The van der Waals surface area contributed by atoms with Gasteiger partial charge in [0.05, 0.1) is 0 Å². The van der Waals surface area contributed by atoms with Crippen molar-refractivity contribution < 1.29 is 4.42 Å². The van der Waals surface area contributed by atoms with Gasteiger partial charge in [-0.25, -0.2) is 0 Å². The second-order valence-electron chi connectivity index (χ2n) is 13.2. The highest BCUT2D eigenvalue weighted by molar-refractivity contribution is 6.32. The first-order valence-electron chi connectivity index (χ1n) is 16.9. The minimum Gasteiger partial charge on any atom is -0.455 e. The lowest BCUT2D eigenvalue weighted by atomic mass is 9.85. The highest BCUT2D eigenvalue weighted by Crippen LogP contribution is 2.46. The SMILES string of the molecule is c1ccc2cc(-c3c4ccccc4c(-c4ccc5oc6c(ccc7c8ccccc8c8ccccc8c76)c5c4)c4ccccc34)ccc2c1. The summed E-state index contributed by atoms with van der Waals surface area (Å²) in [6.07, 6.45) is 0. The molecule has 0 aliphatic heterocycles. The third-order valence-electron chi connectivity index (χ3n) is 10.6. The number of hydrogen-bond acceptors (Lipinski definition) is 1. The lowest BCUT2D eigenvalue weighted by Crippen LogP contribution is -1.91. The fourth-order valence-corrected chi connectivity index (χ4v) is 8.47. The van der Waals surface area contributed by atoms with Gasteiger partial charge in [-0.2, -0.15) is 0 Å². The van der Waals surface area contributed by atoms with Gasteiger partial charge in [0, 0.05) is 16.2 Å². The summed E-state index contributed by atoms with van der Waals surface area (Å²) in [5.41, 5.74) is 6.82. The first-order chi connectivity index (χ1) is 24.3. The molecule has 1 aromatic heterocycles. The Kier molecular flexibility index (Phi) is 5.45. The number of furan rings is 1. The van der Waals surface area contributed by atoms with E-state index < -0.39 is 0 Å². The molecule has 0 unspecified atom stereocenters. The molecule has 0 spiro atoms. The van der Waals surface area contributed by atoms with Gasteiger partial charge in [-0.15, -0.1) is 0 Å². The topological polar surface area (TPSA) is 13.1 Å². The van der Waals surface area contributed by atoms with Crippen molar-refractivity contribution in [3.05, 3.63) is 170 Å². The number of rotatable bonds is 2. The van der Waals surface area contributed by atoms with Crippen LogP contribution in [0.2, 0.25) is 0 Å². The number of fused-ring (bicyclic) bond motifs is 13. The maximum Gasteiger partial charge on any atom is 0.143 e. The zero-order valence-corrected chi connectivity index (χ0v) is 26.6. The summed E-state index contributed by atoms with van der Waals surface area (Å²) in [4.78, 5) is 0. The molecule has 1 heterocycles. The Morgan fingerprint density at radius 1 is 0.286 bits per heavy atom. The third-order valence-corrected chi connectivity index (χ3v) is 10.6. The molecule has 49 heavy (non-hydrogen) atoms. The summed E-state index contributed by atoms with van der Waals surface area (Å²) in [5.74, 6) is 0. The Bertz CT molecular complexity index is 3070. The van der Waals surface area contributed by atoms with E-state index >= 15 is 0 Å². The summed E-state index contributed by atoms with van der Waals surface area (Å²) < 4.78 is 6.80. The maximum absolute atomic E-state index is 6.80. The van der Waals surface area contributed by atoms with E-state index in [0.717, 1.165) is 21.9 Å².